The fraction of sp³-hybridized carbons (Fsp3) is 0.217. The molecule has 1 aliphatic heterocycles. The fourth-order valence-corrected chi connectivity index (χ4v) is 6.60. The van der Waals surface area contributed by atoms with Crippen molar-refractivity contribution in [3.63, 3.8) is 0 Å². The number of fused-ring (bicyclic) bond motifs is 1. The number of amides is 1. The van der Waals surface area contributed by atoms with E-state index in [4.69, 9.17) is 19.5 Å². The molecular weight excluding hydrogens is 687 g/mol. The lowest BCUT2D eigenvalue weighted by molar-refractivity contribution is -0.127. The van der Waals surface area contributed by atoms with Gasteiger partial charge in [0.05, 0.1) is 30.0 Å². The molecule has 7 rings (SSSR count). The molecule has 0 aliphatic carbocycles. The molecule has 0 spiro atoms. The number of rotatable bonds is 13. The number of carbonyl (C=O) groups is 1. The Morgan fingerprint density at radius 3 is 2.25 bits per heavy atom. The normalized spacial score (nSPS) is 13.1. The maximum atomic E-state index is 13.1. The maximum absolute atomic E-state index is 13.1. The number of benzene rings is 4. The van der Waals surface area contributed by atoms with E-state index in [1.165, 1.54) is 11.1 Å². The second-order valence-electron chi connectivity index (χ2n) is 13.7. The summed E-state index contributed by atoms with van der Waals surface area (Å²) >= 11 is 0. The van der Waals surface area contributed by atoms with Crippen LogP contribution in [0.1, 0.15) is 38.9 Å². The fourth-order valence-electron chi connectivity index (χ4n) is 6.60. The molecule has 1 aliphatic rings. The molecule has 0 radical (unpaired) electrons. The van der Waals surface area contributed by atoms with E-state index in [0.29, 0.717) is 43.5 Å². The van der Waals surface area contributed by atoms with Crippen molar-refractivity contribution in [1.82, 2.24) is 19.8 Å². The molecule has 0 bridgehead atoms. The van der Waals surface area contributed by atoms with Crippen molar-refractivity contribution in [2.75, 3.05) is 32.8 Å². The number of pyridine rings is 2. The summed E-state index contributed by atoms with van der Waals surface area (Å²) in [5.41, 5.74) is 7.89. The summed E-state index contributed by atoms with van der Waals surface area (Å²) in [4.78, 5) is 26.2. The number of hydrogen-bond donors (Lipinski definition) is 0. The van der Waals surface area contributed by atoms with Gasteiger partial charge >= 0.3 is 0 Å². The van der Waals surface area contributed by atoms with Gasteiger partial charge in [-0.1, -0.05) is 42.5 Å². The quantitative estimate of drug-likeness (QED) is 0.109. The highest BCUT2D eigenvalue weighted by molar-refractivity contribution is 5.92. The molecule has 55 heavy (non-hydrogen) atoms. The van der Waals surface area contributed by atoms with Crippen molar-refractivity contribution < 1.29 is 19.0 Å². The molecule has 3 heterocycles. The minimum atomic E-state index is 0.0212. The number of aromatic nitrogens is 2. The van der Waals surface area contributed by atoms with Crippen LogP contribution in [-0.4, -0.2) is 58.5 Å². The lowest BCUT2D eigenvalue weighted by Crippen LogP contribution is -2.47. The summed E-state index contributed by atoms with van der Waals surface area (Å²) in [7, 11) is 0. The summed E-state index contributed by atoms with van der Waals surface area (Å²) in [6.45, 7) is 8.88. The van der Waals surface area contributed by atoms with Crippen LogP contribution in [0.2, 0.25) is 0 Å². The van der Waals surface area contributed by atoms with Crippen molar-refractivity contribution in [2.24, 2.45) is 0 Å². The molecule has 4 aromatic carbocycles. The van der Waals surface area contributed by atoms with Gasteiger partial charge in [-0.3, -0.25) is 14.7 Å². The van der Waals surface area contributed by atoms with Crippen molar-refractivity contribution in [1.29, 1.82) is 5.26 Å². The van der Waals surface area contributed by atoms with E-state index in [0.717, 1.165) is 70.7 Å². The van der Waals surface area contributed by atoms with E-state index in [1.54, 1.807) is 36.7 Å². The molecule has 1 fully saturated rings. The minimum absolute atomic E-state index is 0.0212. The lowest BCUT2D eigenvalue weighted by atomic mass is 10.1. The largest absolute Gasteiger partial charge is 0.493 e. The van der Waals surface area contributed by atoms with Gasteiger partial charge in [0.2, 0.25) is 11.8 Å². The van der Waals surface area contributed by atoms with Gasteiger partial charge in [0.15, 0.2) is 0 Å². The van der Waals surface area contributed by atoms with Gasteiger partial charge in [0.1, 0.15) is 23.9 Å². The van der Waals surface area contributed by atoms with Gasteiger partial charge < -0.3 is 19.1 Å². The number of nitrogens with zero attached hydrogens (tertiary/aromatic N) is 5. The van der Waals surface area contributed by atoms with E-state index in [9.17, 15) is 4.79 Å². The van der Waals surface area contributed by atoms with Gasteiger partial charge in [-0.15, -0.1) is 0 Å². The van der Waals surface area contributed by atoms with Gasteiger partial charge in [-0.25, -0.2) is 4.98 Å². The molecule has 276 valence electrons. The summed E-state index contributed by atoms with van der Waals surface area (Å²) < 4.78 is 18.0. The Labute approximate surface area is 322 Å². The van der Waals surface area contributed by atoms with E-state index in [2.05, 4.69) is 45.2 Å². The average Bonchev–Trinajstić information content (AvgIpc) is 3.22. The van der Waals surface area contributed by atoms with E-state index < -0.39 is 0 Å². The first-order chi connectivity index (χ1) is 26.9. The minimum Gasteiger partial charge on any atom is -0.493 e. The Hall–Kier alpha value is -6.50. The van der Waals surface area contributed by atoms with Crippen molar-refractivity contribution >= 4 is 22.9 Å². The predicted molar refractivity (Wildman–Crippen MR) is 214 cm³/mol. The van der Waals surface area contributed by atoms with Crippen LogP contribution >= 0.6 is 0 Å². The second kappa shape index (κ2) is 17.5. The Morgan fingerprint density at radius 2 is 1.53 bits per heavy atom. The molecule has 1 amide bonds. The number of piperazine rings is 1. The molecule has 9 heteroatoms. The van der Waals surface area contributed by atoms with Crippen molar-refractivity contribution in [2.45, 2.75) is 33.4 Å². The molecule has 0 unspecified atom stereocenters. The smallest absolute Gasteiger partial charge is 0.246 e. The molecule has 0 saturated carbocycles. The average molecular weight is 730 g/mol. The monoisotopic (exact) mass is 729 g/mol. The zero-order chi connectivity index (χ0) is 38.0. The molecule has 6 aromatic rings. The molecule has 9 nitrogen and oxygen atoms in total. The zero-order valence-corrected chi connectivity index (χ0v) is 31.2. The van der Waals surface area contributed by atoms with Crippen LogP contribution in [0.4, 0.5) is 0 Å². The Balaban J connectivity index is 0.835. The second-order valence-corrected chi connectivity index (χ2v) is 13.7. The number of ether oxygens (including phenoxy) is 3. The SMILES string of the molecule is Cc1cc(/C=C/C(=O)N2CCN(Cc3ccc(CCOc4ccc5ncccc5c4)cc3)CC2)cc(C)c1Oc1ccc(OCc2ccc(C#N)cc2)cn1. The summed E-state index contributed by atoms with van der Waals surface area (Å²) in [6, 6.07) is 35.8. The zero-order valence-electron chi connectivity index (χ0n) is 31.2. The molecular formula is C46H43N5O4. The van der Waals surface area contributed by atoms with Crippen LogP contribution in [0.25, 0.3) is 17.0 Å². The van der Waals surface area contributed by atoms with Crippen LogP contribution in [0.3, 0.4) is 0 Å². The van der Waals surface area contributed by atoms with Crippen molar-refractivity contribution in [3.8, 4) is 29.2 Å². The summed E-state index contributed by atoms with van der Waals surface area (Å²) in [5, 5.41) is 10.0. The van der Waals surface area contributed by atoms with Crippen molar-refractivity contribution in [3.05, 3.63) is 161 Å². The Bertz CT molecular complexity index is 2280. The van der Waals surface area contributed by atoms with E-state index in [1.807, 2.05) is 85.5 Å². The first-order valence-corrected chi connectivity index (χ1v) is 18.5. The number of hydrogen-bond acceptors (Lipinski definition) is 8. The van der Waals surface area contributed by atoms with Crippen LogP contribution in [0, 0.1) is 25.2 Å². The topological polar surface area (TPSA) is 101 Å². The standard InChI is InChI=1S/C46H43N5O4/c1-33-26-39(27-34(2)46(33)55-44-17-15-42(30-49-44)54-32-38-11-7-36(29-47)8-12-38)13-18-45(52)51-23-21-50(22-24-51)31-37-9-5-35(6-10-37)19-25-53-41-14-16-43-40(28-41)4-3-20-48-43/h3-18,20,26-28,30H,19,21-25,31-32H2,1-2H3/b18-13+. The molecule has 1 saturated heterocycles. The highest BCUT2D eigenvalue weighted by Gasteiger charge is 2.20. The maximum Gasteiger partial charge on any atom is 0.246 e. The number of aryl methyl sites for hydroxylation is 2. The number of nitriles is 1. The molecule has 0 N–H and O–H groups in total. The first-order valence-electron chi connectivity index (χ1n) is 18.5. The van der Waals surface area contributed by atoms with E-state index >= 15 is 0 Å². The van der Waals surface area contributed by atoms with Crippen LogP contribution < -0.4 is 14.2 Å². The third kappa shape index (κ3) is 9.93. The number of carbonyl (C=O) groups excluding carboxylic acids is 1. The lowest BCUT2D eigenvalue weighted by Gasteiger charge is -2.34. The van der Waals surface area contributed by atoms with Crippen LogP contribution in [0.5, 0.6) is 23.1 Å². The molecule has 2 aromatic heterocycles. The van der Waals surface area contributed by atoms with E-state index in [-0.39, 0.29) is 5.91 Å². The third-order valence-electron chi connectivity index (χ3n) is 9.65. The summed E-state index contributed by atoms with van der Waals surface area (Å²) in [6.07, 6.45) is 7.82. The predicted octanol–water partition coefficient (Wildman–Crippen LogP) is 8.47. The Kier molecular flexibility index (Phi) is 11.8. The Morgan fingerprint density at radius 1 is 0.800 bits per heavy atom. The molecule has 0 atom stereocenters. The highest BCUT2D eigenvalue weighted by Crippen LogP contribution is 2.30. The first kappa shape index (κ1) is 36.8. The van der Waals surface area contributed by atoms with Gasteiger partial charge in [0.25, 0.3) is 0 Å². The van der Waals surface area contributed by atoms with Gasteiger partial charge in [-0.05, 0) is 108 Å². The van der Waals surface area contributed by atoms with Gasteiger partial charge in [-0.2, -0.15) is 5.26 Å². The van der Waals surface area contributed by atoms with Crippen LogP contribution in [0.15, 0.2) is 122 Å². The third-order valence-corrected chi connectivity index (χ3v) is 9.65. The van der Waals surface area contributed by atoms with Gasteiger partial charge in [0, 0.05) is 62.9 Å². The highest BCUT2D eigenvalue weighted by atomic mass is 16.5. The van der Waals surface area contributed by atoms with Crippen LogP contribution in [-0.2, 0) is 24.4 Å². The summed E-state index contributed by atoms with van der Waals surface area (Å²) in [5.74, 6) is 2.70.